The summed E-state index contributed by atoms with van der Waals surface area (Å²) < 4.78 is 0. The summed E-state index contributed by atoms with van der Waals surface area (Å²) in [6.07, 6.45) is -0.0120. The first-order chi connectivity index (χ1) is 14.7. The van der Waals surface area contributed by atoms with Gasteiger partial charge in [0, 0.05) is 34.0 Å². The lowest BCUT2D eigenvalue weighted by Crippen LogP contribution is -2.51. The first-order valence-corrected chi connectivity index (χ1v) is 9.83. The van der Waals surface area contributed by atoms with Crippen LogP contribution in [-0.4, -0.2) is 40.0 Å². The number of fused-ring (bicyclic) bond motifs is 1. The number of carbonyl (C=O) groups excluding carboxylic acids is 2. The van der Waals surface area contributed by atoms with E-state index in [4.69, 9.17) is 16.7 Å². The van der Waals surface area contributed by atoms with E-state index < -0.39 is 29.9 Å². The predicted octanol–water partition coefficient (Wildman–Crippen LogP) is 2.11. The fraction of sp³-hybridized carbons (Fsp3) is 0.182. The summed E-state index contributed by atoms with van der Waals surface area (Å²) in [5.74, 6) is -2.42. The first kappa shape index (κ1) is 22.0. The normalized spacial score (nSPS) is 12.7. The largest absolute Gasteiger partial charge is 0.480 e. The van der Waals surface area contributed by atoms with E-state index in [1.807, 2.05) is 0 Å². The minimum atomic E-state index is -1.21. The van der Waals surface area contributed by atoms with Crippen molar-refractivity contribution in [2.24, 2.45) is 0 Å². The number of nitrogens with one attached hydrogen (secondary N) is 3. The van der Waals surface area contributed by atoms with Crippen molar-refractivity contribution in [2.75, 3.05) is 0 Å². The van der Waals surface area contributed by atoms with E-state index in [0.717, 1.165) is 0 Å². The third-order valence-corrected chi connectivity index (χ3v) is 4.97. The smallest absolute Gasteiger partial charge is 0.325 e. The number of aromatic nitrogens is 1. The maximum Gasteiger partial charge on any atom is 0.325 e. The van der Waals surface area contributed by atoms with Crippen molar-refractivity contribution in [2.45, 2.75) is 25.4 Å². The summed E-state index contributed by atoms with van der Waals surface area (Å²) in [6.45, 7) is 1.32. The molecular weight excluding hydrogens is 422 g/mol. The van der Waals surface area contributed by atoms with Crippen LogP contribution in [0.3, 0.4) is 0 Å². The monoisotopic (exact) mass is 441 g/mol. The molecule has 0 saturated heterocycles. The number of aromatic amines is 1. The van der Waals surface area contributed by atoms with Gasteiger partial charge in [0.05, 0.1) is 0 Å². The molecule has 3 rings (SSSR count). The molecule has 0 aliphatic heterocycles. The van der Waals surface area contributed by atoms with Gasteiger partial charge < -0.3 is 20.7 Å². The summed E-state index contributed by atoms with van der Waals surface area (Å²) in [4.78, 5) is 51.4. The van der Waals surface area contributed by atoms with Crippen LogP contribution in [0.25, 0.3) is 10.9 Å². The van der Waals surface area contributed by atoms with Gasteiger partial charge in [0.2, 0.25) is 11.5 Å². The van der Waals surface area contributed by atoms with E-state index in [2.05, 4.69) is 15.6 Å². The molecule has 160 valence electrons. The molecule has 0 aliphatic carbocycles. The Labute approximate surface area is 182 Å². The fourth-order valence-corrected chi connectivity index (χ4v) is 3.22. The average molecular weight is 442 g/mol. The van der Waals surface area contributed by atoms with Crippen molar-refractivity contribution < 1.29 is 19.5 Å². The van der Waals surface area contributed by atoms with Crippen LogP contribution in [0, 0.1) is 0 Å². The van der Waals surface area contributed by atoms with Gasteiger partial charge in [-0.15, -0.1) is 0 Å². The Balaban J connectivity index is 1.93. The SMILES string of the molecule is C[C@H](NC(=O)[C@@H](Cc1cc(=O)[nH]c2ccccc12)NC(=O)c1ccc(Cl)cc1)C(=O)O. The molecule has 8 nitrogen and oxygen atoms in total. The van der Waals surface area contributed by atoms with Crippen LogP contribution in [0.5, 0.6) is 0 Å². The van der Waals surface area contributed by atoms with Crippen LogP contribution in [0.15, 0.2) is 59.4 Å². The molecule has 2 aromatic carbocycles. The quantitative estimate of drug-likeness (QED) is 0.446. The first-order valence-electron chi connectivity index (χ1n) is 9.45. The highest BCUT2D eigenvalue weighted by Crippen LogP contribution is 2.17. The third kappa shape index (κ3) is 5.49. The molecule has 1 heterocycles. The molecule has 0 fully saturated rings. The van der Waals surface area contributed by atoms with Crippen molar-refractivity contribution in [1.82, 2.24) is 15.6 Å². The molecule has 31 heavy (non-hydrogen) atoms. The molecule has 1 aromatic heterocycles. The number of hydrogen-bond acceptors (Lipinski definition) is 4. The Morgan fingerprint density at radius 1 is 1.06 bits per heavy atom. The number of aliphatic carboxylic acids is 1. The molecule has 2 amide bonds. The van der Waals surface area contributed by atoms with Gasteiger partial charge in [0.25, 0.3) is 5.91 Å². The lowest BCUT2D eigenvalue weighted by molar-refractivity contribution is -0.141. The predicted molar refractivity (Wildman–Crippen MR) is 116 cm³/mol. The molecular formula is C22H20ClN3O5. The Bertz CT molecular complexity index is 1190. The Morgan fingerprint density at radius 2 is 1.74 bits per heavy atom. The zero-order valence-electron chi connectivity index (χ0n) is 16.5. The van der Waals surface area contributed by atoms with Gasteiger partial charge in [0.1, 0.15) is 12.1 Å². The van der Waals surface area contributed by atoms with Gasteiger partial charge in [-0.05, 0) is 42.8 Å². The number of H-pyrrole nitrogens is 1. The molecule has 0 aliphatic rings. The van der Waals surface area contributed by atoms with Gasteiger partial charge in [-0.2, -0.15) is 0 Å². The van der Waals surface area contributed by atoms with Gasteiger partial charge in [-0.3, -0.25) is 19.2 Å². The summed E-state index contributed by atoms with van der Waals surface area (Å²) in [5.41, 5.74) is 1.06. The zero-order chi connectivity index (χ0) is 22.5. The van der Waals surface area contributed by atoms with Gasteiger partial charge in [-0.1, -0.05) is 29.8 Å². The second-order valence-electron chi connectivity index (χ2n) is 7.01. The van der Waals surface area contributed by atoms with Crippen molar-refractivity contribution in [3.63, 3.8) is 0 Å². The average Bonchev–Trinajstić information content (AvgIpc) is 2.73. The van der Waals surface area contributed by atoms with E-state index in [9.17, 15) is 19.2 Å². The van der Waals surface area contributed by atoms with Crippen LogP contribution in [-0.2, 0) is 16.0 Å². The van der Waals surface area contributed by atoms with Crippen molar-refractivity contribution in [3.05, 3.63) is 81.1 Å². The van der Waals surface area contributed by atoms with Crippen molar-refractivity contribution in [1.29, 1.82) is 0 Å². The number of hydrogen-bond donors (Lipinski definition) is 4. The molecule has 0 unspecified atom stereocenters. The second-order valence-corrected chi connectivity index (χ2v) is 7.45. The molecule has 9 heteroatoms. The highest BCUT2D eigenvalue weighted by Gasteiger charge is 2.26. The van der Waals surface area contributed by atoms with Crippen LogP contribution in [0.2, 0.25) is 5.02 Å². The van der Waals surface area contributed by atoms with Crippen LogP contribution < -0.4 is 16.2 Å². The number of para-hydroxylation sites is 1. The third-order valence-electron chi connectivity index (χ3n) is 4.72. The van der Waals surface area contributed by atoms with Crippen molar-refractivity contribution >= 4 is 40.3 Å². The summed E-state index contributed by atoms with van der Waals surface area (Å²) >= 11 is 5.85. The Hall–Kier alpha value is -3.65. The van der Waals surface area contributed by atoms with E-state index >= 15 is 0 Å². The second kappa shape index (κ2) is 9.44. The van der Waals surface area contributed by atoms with E-state index in [-0.39, 0.29) is 17.5 Å². The maximum atomic E-state index is 12.8. The van der Waals surface area contributed by atoms with E-state index in [1.54, 1.807) is 36.4 Å². The number of carboxylic acid groups (broad SMARTS) is 1. The molecule has 0 spiro atoms. The fourth-order valence-electron chi connectivity index (χ4n) is 3.09. The van der Waals surface area contributed by atoms with Crippen LogP contribution in [0.4, 0.5) is 0 Å². The van der Waals surface area contributed by atoms with E-state index in [1.165, 1.54) is 25.1 Å². The number of carboxylic acids is 1. The lowest BCUT2D eigenvalue weighted by atomic mass is 10.0. The Morgan fingerprint density at radius 3 is 2.42 bits per heavy atom. The Kier molecular flexibility index (Phi) is 6.71. The van der Waals surface area contributed by atoms with Gasteiger partial charge >= 0.3 is 5.97 Å². The van der Waals surface area contributed by atoms with Crippen molar-refractivity contribution in [3.8, 4) is 0 Å². The van der Waals surface area contributed by atoms with Crippen LogP contribution >= 0.6 is 11.6 Å². The lowest BCUT2D eigenvalue weighted by Gasteiger charge is -2.21. The van der Waals surface area contributed by atoms with E-state index in [0.29, 0.717) is 21.5 Å². The number of rotatable bonds is 7. The van der Waals surface area contributed by atoms with Crippen LogP contribution in [0.1, 0.15) is 22.8 Å². The molecule has 2 atom stereocenters. The highest BCUT2D eigenvalue weighted by atomic mass is 35.5. The highest BCUT2D eigenvalue weighted by molar-refractivity contribution is 6.30. The number of halogens is 1. The number of carbonyl (C=O) groups is 3. The molecule has 0 bridgehead atoms. The standard InChI is InChI=1S/C22H20ClN3O5/c1-12(22(30)31)24-21(29)18(26-20(28)13-6-8-15(23)9-7-13)10-14-11-19(27)25-17-5-3-2-4-16(14)17/h2-9,11-12,18H,10H2,1H3,(H,24,29)(H,25,27)(H,26,28)(H,30,31)/t12-,18+/m0/s1. The number of pyridine rings is 1. The molecule has 3 aromatic rings. The maximum absolute atomic E-state index is 12.8. The zero-order valence-corrected chi connectivity index (χ0v) is 17.3. The van der Waals surface area contributed by atoms with Gasteiger partial charge in [0.15, 0.2) is 0 Å². The molecule has 4 N–H and O–H groups in total. The number of amides is 2. The van der Waals surface area contributed by atoms with Gasteiger partial charge in [-0.25, -0.2) is 0 Å². The minimum absolute atomic E-state index is 0.0120. The minimum Gasteiger partial charge on any atom is -0.480 e. The molecule has 0 saturated carbocycles. The summed E-state index contributed by atoms with van der Waals surface area (Å²) in [6, 6.07) is 12.3. The topological polar surface area (TPSA) is 128 Å². The summed E-state index contributed by atoms with van der Waals surface area (Å²) in [5, 5.41) is 15.3. The summed E-state index contributed by atoms with van der Waals surface area (Å²) in [7, 11) is 0. The molecule has 0 radical (unpaired) electrons. The number of benzene rings is 2.